The lowest BCUT2D eigenvalue weighted by Crippen LogP contribution is -2.60. The molecular formula is C18H20ClN3O7S2. The summed E-state index contributed by atoms with van der Waals surface area (Å²) in [5.74, 6) is -0.135. The first-order valence-corrected chi connectivity index (χ1v) is 12.6. The largest absolute Gasteiger partial charge is 0.457 e. The highest BCUT2D eigenvalue weighted by Crippen LogP contribution is 2.27. The van der Waals surface area contributed by atoms with Gasteiger partial charge in [-0.05, 0) is 48.5 Å². The predicted octanol–water partition coefficient (Wildman–Crippen LogP) is 1.27. The SMILES string of the molecule is CS(=O)(=O)N1CCN(S(=O)(=O)c2ccc(Oc3ccc(Cl)cc3)cc2)[C@@H](C(=O)NO)C1. The van der Waals surface area contributed by atoms with E-state index >= 15 is 0 Å². The minimum atomic E-state index is -4.16. The molecular weight excluding hydrogens is 470 g/mol. The van der Waals surface area contributed by atoms with Crippen LogP contribution < -0.4 is 10.2 Å². The highest BCUT2D eigenvalue weighted by Gasteiger charge is 2.42. The van der Waals surface area contributed by atoms with Crippen LogP contribution >= 0.6 is 11.6 Å². The average molecular weight is 490 g/mol. The van der Waals surface area contributed by atoms with E-state index in [2.05, 4.69) is 0 Å². The maximum atomic E-state index is 13.1. The summed E-state index contributed by atoms with van der Waals surface area (Å²) in [7, 11) is -7.81. The minimum absolute atomic E-state index is 0.112. The van der Waals surface area contributed by atoms with Crippen LogP contribution in [0.5, 0.6) is 11.5 Å². The molecule has 2 aromatic rings. The van der Waals surface area contributed by atoms with Gasteiger partial charge in [0, 0.05) is 24.7 Å². The zero-order valence-electron chi connectivity index (χ0n) is 16.3. The molecule has 1 aliphatic rings. The van der Waals surface area contributed by atoms with Crippen molar-refractivity contribution in [3.8, 4) is 11.5 Å². The lowest BCUT2D eigenvalue weighted by Gasteiger charge is -2.38. The van der Waals surface area contributed by atoms with Crippen LogP contribution in [0, 0.1) is 0 Å². The van der Waals surface area contributed by atoms with Crippen molar-refractivity contribution in [2.45, 2.75) is 10.9 Å². The van der Waals surface area contributed by atoms with Crippen molar-refractivity contribution in [2.24, 2.45) is 0 Å². The van der Waals surface area contributed by atoms with Crippen molar-refractivity contribution in [3.63, 3.8) is 0 Å². The van der Waals surface area contributed by atoms with Crippen LogP contribution in [-0.2, 0) is 24.8 Å². The second kappa shape index (κ2) is 9.10. The van der Waals surface area contributed by atoms with Crippen molar-refractivity contribution in [1.82, 2.24) is 14.1 Å². The Hall–Kier alpha value is -2.22. The molecule has 2 aromatic carbocycles. The molecule has 10 nitrogen and oxygen atoms in total. The number of carbonyl (C=O) groups is 1. The number of rotatable bonds is 6. The number of hydrogen-bond acceptors (Lipinski definition) is 7. The van der Waals surface area contributed by atoms with Gasteiger partial charge in [-0.1, -0.05) is 11.6 Å². The summed E-state index contributed by atoms with van der Waals surface area (Å²) >= 11 is 5.83. The standard InChI is InChI=1S/C18H20ClN3O7S2/c1-30(25,26)21-10-11-22(17(12-21)18(23)20-24)31(27,28)16-8-6-15(7-9-16)29-14-4-2-13(19)3-5-14/h2-9,17,24H,10-12H2,1H3,(H,20,23)/t17-/m1/s1. The van der Waals surface area contributed by atoms with E-state index in [1.807, 2.05) is 0 Å². The van der Waals surface area contributed by atoms with E-state index in [-0.39, 0.29) is 18.0 Å². The molecule has 0 aromatic heterocycles. The topological polar surface area (TPSA) is 133 Å². The monoisotopic (exact) mass is 489 g/mol. The van der Waals surface area contributed by atoms with Crippen molar-refractivity contribution in [3.05, 3.63) is 53.6 Å². The third-order valence-electron chi connectivity index (χ3n) is 4.66. The first kappa shape index (κ1) is 23.4. The van der Waals surface area contributed by atoms with E-state index in [1.165, 1.54) is 29.7 Å². The molecule has 0 saturated carbocycles. The molecule has 0 unspecified atom stereocenters. The lowest BCUT2D eigenvalue weighted by molar-refractivity contribution is -0.134. The van der Waals surface area contributed by atoms with Crippen LogP contribution in [-0.4, -0.2) is 68.5 Å². The molecule has 1 saturated heterocycles. The van der Waals surface area contributed by atoms with Crippen LogP contribution in [0.3, 0.4) is 0 Å². The highest BCUT2D eigenvalue weighted by atomic mass is 35.5. The summed E-state index contributed by atoms with van der Waals surface area (Å²) in [6.07, 6.45) is 0.963. The molecule has 31 heavy (non-hydrogen) atoms. The Labute approximate surface area is 185 Å². The van der Waals surface area contributed by atoms with Gasteiger partial charge >= 0.3 is 0 Å². The molecule has 0 bridgehead atoms. The van der Waals surface area contributed by atoms with E-state index in [0.29, 0.717) is 16.5 Å². The average Bonchev–Trinajstić information content (AvgIpc) is 2.74. The Morgan fingerprint density at radius 1 is 1.03 bits per heavy atom. The summed E-state index contributed by atoms with van der Waals surface area (Å²) in [5.41, 5.74) is 1.40. The fourth-order valence-electron chi connectivity index (χ4n) is 3.07. The van der Waals surface area contributed by atoms with Crippen molar-refractivity contribution >= 4 is 37.6 Å². The Bertz CT molecular complexity index is 1150. The molecule has 1 aliphatic heterocycles. The van der Waals surface area contributed by atoms with Crippen molar-refractivity contribution in [2.75, 3.05) is 25.9 Å². The van der Waals surface area contributed by atoms with Crippen LogP contribution in [0.4, 0.5) is 0 Å². The second-order valence-corrected chi connectivity index (χ2v) is 11.1. The molecule has 1 atom stereocenters. The molecule has 0 spiro atoms. The number of nitrogens with zero attached hydrogens (tertiary/aromatic N) is 2. The number of hydrogen-bond donors (Lipinski definition) is 2. The Morgan fingerprint density at radius 3 is 2.10 bits per heavy atom. The number of piperazine rings is 1. The summed E-state index contributed by atoms with van der Waals surface area (Å²) in [6.45, 7) is -0.788. The first-order chi connectivity index (χ1) is 14.5. The van der Waals surface area contributed by atoms with E-state index < -0.39 is 38.5 Å². The third kappa shape index (κ3) is 5.34. The molecule has 1 fully saturated rings. The van der Waals surface area contributed by atoms with Crippen LogP contribution in [0.2, 0.25) is 5.02 Å². The smallest absolute Gasteiger partial charge is 0.263 e. The number of ether oxygens (including phenoxy) is 1. The Morgan fingerprint density at radius 2 is 1.58 bits per heavy atom. The summed E-state index contributed by atoms with van der Waals surface area (Å²) in [6, 6.07) is 10.7. The van der Waals surface area contributed by atoms with E-state index in [9.17, 15) is 21.6 Å². The van der Waals surface area contributed by atoms with Gasteiger partial charge in [-0.3, -0.25) is 10.0 Å². The number of benzene rings is 2. The number of halogens is 1. The van der Waals surface area contributed by atoms with Gasteiger partial charge in [0.2, 0.25) is 20.0 Å². The van der Waals surface area contributed by atoms with Crippen LogP contribution in [0.1, 0.15) is 0 Å². The second-order valence-electron chi connectivity index (χ2n) is 6.76. The first-order valence-electron chi connectivity index (χ1n) is 8.97. The summed E-state index contributed by atoms with van der Waals surface area (Å²) in [5, 5.41) is 9.56. The number of nitrogens with one attached hydrogen (secondary N) is 1. The van der Waals surface area contributed by atoms with Gasteiger partial charge in [0.25, 0.3) is 5.91 Å². The molecule has 1 amide bonds. The maximum absolute atomic E-state index is 13.1. The van der Waals surface area contributed by atoms with E-state index in [4.69, 9.17) is 21.5 Å². The quantitative estimate of drug-likeness (QED) is 0.461. The fourth-order valence-corrected chi connectivity index (χ4v) is 5.59. The predicted molar refractivity (Wildman–Crippen MR) is 112 cm³/mol. The Kier molecular flexibility index (Phi) is 6.88. The molecule has 2 N–H and O–H groups in total. The molecule has 13 heteroatoms. The normalized spacial score (nSPS) is 18.5. The van der Waals surface area contributed by atoms with Gasteiger partial charge < -0.3 is 4.74 Å². The van der Waals surface area contributed by atoms with Gasteiger partial charge in [-0.2, -0.15) is 8.61 Å². The number of sulfonamides is 2. The number of carbonyl (C=O) groups excluding carboxylic acids is 1. The van der Waals surface area contributed by atoms with Crippen molar-refractivity contribution in [1.29, 1.82) is 0 Å². The van der Waals surface area contributed by atoms with Gasteiger partial charge in [-0.25, -0.2) is 22.3 Å². The third-order valence-corrected chi connectivity index (χ3v) is 8.10. The molecule has 168 valence electrons. The van der Waals surface area contributed by atoms with Gasteiger partial charge in [0.1, 0.15) is 17.5 Å². The van der Waals surface area contributed by atoms with Gasteiger partial charge in [-0.15, -0.1) is 0 Å². The molecule has 3 rings (SSSR count). The fraction of sp³-hybridized carbons (Fsp3) is 0.278. The summed E-state index contributed by atoms with van der Waals surface area (Å²) < 4.78 is 57.4. The zero-order valence-corrected chi connectivity index (χ0v) is 18.7. The van der Waals surface area contributed by atoms with Gasteiger partial charge in [0.05, 0.1) is 11.2 Å². The Balaban J connectivity index is 1.83. The van der Waals surface area contributed by atoms with E-state index in [1.54, 1.807) is 24.3 Å². The maximum Gasteiger partial charge on any atom is 0.263 e. The number of amides is 1. The highest BCUT2D eigenvalue weighted by molar-refractivity contribution is 7.89. The lowest BCUT2D eigenvalue weighted by atomic mass is 10.2. The van der Waals surface area contributed by atoms with Crippen molar-refractivity contribution < 1.29 is 31.6 Å². The molecule has 0 aliphatic carbocycles. The van der Waals surface area contributed by atoms with Crippen LogP contribution in [0.25, 0.3) is 0 Å². The zero-order chi connectivity index (χ0) is 22.8. The molecule has 1 heterocycles. The summed E-state index contributed by atoms with van der Waals surface area (Å²) in [4.78, 5) is 12.0. The van der Waals surface area contributed by atoms with Gasteiger partial charge in [0.15, 0.2) is 0 Å². The number of hydroxylamine groups is 1. The minimum Gasteiger partial charge on any atom is -0.457 e. The van der Waals surface area contributed by atoms with Crippen LogP contribution in [0.15, 0.2) is 53.4 Å². The molecule has 0 radical (unpaired) electrons. The van der Waals surface area contributed by atoms with E-state index in [0.717, 1.165) is 14.9 Å².